The Morgan fingerprint density at radius 2 is 1.58 bits per heavy atom. The van der Waals surface area contributed by atoms with Crippen LogP contribution in [0.5, 0.6) is 5.75 Å². The fraction of sp³-hybridized carbons (Fsp3) is 0.200. The minimum atomic E-state index is -0.267. The molecule has 0 fully saturated rings. The Balaban J connectivity index is 1.93. The van der Waals surface area contributed by atoms with E-state index in [1.807, 2.05) is 38.1 Å². The Hall–Kier alpha value is -3.28. The summed E-state index contributed by atoms with van der Waals surface area (Å²) in [5, 5.41) is 8.23. The van der Waals surface area contributed by atoms with E-state index in [-0.39, 0.29) is 18.0 Å². The fourth-order valence-electron chi connectivity index (χ4n) is 2.22. The summed E-state index contributed by atoms with van der Waals surface area (Å²) in [7, 11) is 1.59. The van der Waals surface area contributed by atoms with Crippen molar-refractivity contribution in [3.05, 3.63) is 60.2 Å². The second kappa shape index (κ2) is 9.27. The first-order valence-electron chi connectivity index (χ1n) is 8.27. The van der Waals surface area contributed by atoms with Crippen molar-refractivity contribution in [2.45, 2.75) is 19.9 Å². The lowest BCUT2D eigenvalue weighted by Crippen LogP contribution is -2.34. The number of benzene rings is 2. The van der Waals surface area contributed by atoms with Crippen molar-refractivity contribution in [3.8, 4) is 5.75 Å². The average Bonchev–Trinajstić information content (AvgIpc) is 2.61. The molecule has 0 saturated carbocycles. The van der Waals surface area contributed by atoms with Gasteiger partial charge in [0.15, 0.2) is 0 Å². The number of carbonyl (C=O) groups is 2. The van der Waals surface area contributed by atoms with Crippen molar-refractivity contribution < 1.29 is 14.3 Å². The molecule has 6 nitrogen and oxygen atoms in total. The van der Waals surface area contributed by atoms with Gasteiger partial charge in [-0.3, -0.25) is 4.79 Å². The maximum Gasteiger partial charge on any atom is 0.319 e. The molecular formula is C20H23N3O3. The number of anilines is 2. The van der Waals surface area contributed by atoms with Gasteiger partial charge in [0.2, 0.25) is 5.91 Å². The summed E-state index contributed by atoms with van der Waals surface area (Å²) in [5.41, 5.74) is 2.10. The molecule has 0 atom stereocenters. The second-order valence-corrected chi connectivity index (χ2v) is 5.90. The van der Waals surface area contributed by atoms with E-state index in [0.29, 0.717) is 17.1 Å². The summed E-state index contributed by atoms with van der Waals surface area (Å²) in [5.74, 6) is 0.445. The molecule has 2 rings (SSSR count). The maximum absolute atomic E-state index is 12.1. The zero-order chi connectivity index (χ0) is 18.9. The monoisotopic (exact) mass is 353 g/mol. The van der Waals surface area contributed by atoms with Gasteiger partial charge in [-0.15, -0.1) is 0 Å². The molecule has 0 aliphatic carbocycles. The largest absolute Gasteiger partial charge is 0.496 e. The van der Waals surface area contributed by atoms with Gasteiger partial charge in [0.1, 0.15) is 5.75 Å². The molecule has 0 aliphatic rings. The fourth-order valence-corrected chi connectivity index (χ4v) is 2.22. The molecule has 26 heavy (non-hydrogen) atoms. The van der Waals surface area contributed by atoms with Crippen LogP contribution in [0.1, 0.15) is 19.4 Å². The van der Waals surface area contributed by atoms with Gasteiger partial charge in [0.25, 0.3) is 0 Å². The molecule has 3 amide bonds. The first kappa shape index (κ1) is 19.1. The summed E-state index contributed by atoms with van der Waals surface area (Å²) >= 11 is 0. The maximum atomic E-state index is 12.1. The van der Waals surface area contributed by atoms with Crippen LogP contribution >= 0.6 is 0 Å². The molecule has 0 aromatic heterocycles. The Labute approximate surface area is 153 Å². The van der Waals surface area contributed by atoms with E-state index in [0.717, 1.165) is 5.56 Å². The van der Waals surface area contributed by atoms with Crippen LogP contribution in [-0.2, 0) is 4.79 Å². The van der Waals surface area contributed by atoms with Crippen molar-refractivity contribution in [2.75, 3.05) is 17.7 Å². The van der Waals surface area contributed by atoms with Gasteiger partial charge >= 0.3 is 6.03 Å². The highest BCUT2D eigenvalue weighted by Gasteiger charge is 2.04. The lowest BCUT2D eigenvalue weighted by Gasteiger charge is -2.10. The van der Waals surface area contributed by atoms with Crippen LogP contribution in [0.3, 0.4) is 0 Å². The number of hydrogen-bond acceptors (Lipinski definition) is 3. The zero-order valence-corrected chi connectivity index (χ0v) is 15.1. The molecule has 0 aliphatic heterocycles. The van der Waals surface area contributed by atoms with Crippen molar-refractivity contribution in [2.24, 2.45) is 0 Å². The highest BCUT2D eigenvalue weighted by Crippen LogP contribution is 2.19. The van der Waals surface area contributed by atoms with E-state index in [1.54, 1.807) is 37.5 Å². The third-order valence-electron chi connectivity index (χ3n) is 3.38. The molecule has 2 aromatic carbocycles. The van der Waals surface area contributed by atoms with Gasteiger partial charge in [-0.25, -0.2) is 4.79 Å². The highest BCUT2D eigenvalue weighted by atomic mass is 16.5. The number of hydrogen-bond donors (Lipinski definition) is 3. The van der Waals surface area contributed by atoms with Crippen molar-refractivity contribution in [3.63, 3.8) is 0 Å². The lowest BCUT2D eigenvalue weighted by atomic mass is 10.2. The van der Waals surface area contributed by atoms with Gasteiger partial charge in [0.05, 0.1) is 7.11 Å². The van der Waals surface area contributed by atoms with Crippen LogP contribution in [0, 0.1) is 0 Å². The zero-order valence-electron chi connectivity index (χ0n) is 15.1. The average molecular weight is 353 g/mol. The Morgan fingerprint density at radius 1 is 0.962 bits per heavy atom. The molecule has 0 bridgehead atoms. The third-order valence-corrected chi connectivity index (χ3v) is 3.38. The summed E-state index contributed by atoms with van der Waals surface area (Å²) in [6, 6.07) is 14.1. The first-order chi connectivity index (χ1) is 12.5. The van der Waals surface area contributed by atoms with Crippen LogP contribution in [0.4, 0.5) is 16.2 Å². The molecule has 3 N–H and O–H groups in total. The van der Waals surface area contributed by atoms with Crippen LogP contribution in [0.2, 0.25) is 0 Å². The van der Waals surface area contributed by atoms with Crippen LogP contribution < -0.4 is 20.7 Å². The number of rotatable bonds is 6. The van der Waals surface area contributed by atoms with E-state index in [9.17, 15) is 9.59 Å². The summed E-state index contributed by atoms with van der Waals surface area (Å²) < 4.78 is 5.24. The lowest BCUT2D eigenvalue weighted by molar-refractivity contribution is -0.111. The standard InChI is InChI=1S/C20H23N3O3/c1-14(2)21-20(25)23-17-11-9-16(10-12-17)22-19(24)13-8-15-6-4-5-7-18(15)26-3/h4-14H,1-3H3,(H,22,24)(H2,21,23,25)/b13-8+. The van der Waals surface area contributed by atoms with Gasteiger partial charge in [-0.05, 0) is 50.3 Å². The third kappa shape index (κ3) is 5.98. The van der Waals surface area contributed by atoms with E-state index >= 15 is 0 Å². The molecule has 0 heterocycles. The molecule has 0 radical (unpaired) electrons. The smallest absolute Gasteiger partial charge is 0.319 e. The second-order valence-electron chi connectivity index (χ2n) is 5.90. The number of nitrogens with one attached hydrogen (secondary N) is 3. The van der Waals surface area contributed by atoms with Crippen LogP contribution in [-0.4, -0.2) is 25.1 Å². The summed E-state index contributed by atoms with van der Waals surface area (Å²) in [4.78, 5) is 23.7. The molecule has 0 saturated heterocycles. The molecule has 136 valence electrons. The van der Waals surface area contributed by atoms with E-state index < -0.39 is 0 Å². The Morgan fingerprint density at radius 3 is 2.19 bits per heavy atom. The molecule has 0 unspecified atom stereocenters. The molecule has 2 aromatic rings. The van der Waals surface area contributed by atoms with Crippen LogP contribution in [0.25, 0.3) is 6.08 Å². The predicted molar refractivity (Wildman–Crippen MR) is 104 cm³/mol. The van der Waals surface area contributed by atoms with Crippen molar-refractivity contribution >= 4 is 29.4 Å². The number of ether oxygens (including phenoxy) is 1. The summed E-state index contributed by atoms with van der Waals surface area (Å²) in [6.07, 6.45) is 3.14. The Bertz CT molecular complexity index is 783. The van der Waals surface area contributed by atoms with Crippen molar-refractivity contribution in [1.29, 1.82) is 0 Å². The normalized spacial score (nSPS) is 10.6. The minimum absolute atomic E-state index is 0.0589. The quantitative estimate of drug-likeness (QED) is 0.690. The first-order valence-corrected chi connectivity index (χ1v) is 8.27. The van der Waals surface area contributed by atoms with Crippen LogP contribution in [0.15, 0.2) is 54.6 Å². The molecule has 6 heteroatoms. The topological polar surface area (TPSA) is 79.5 Å². The molecule has 0 spiro atoms. The molecular weight excluding hydrogens is 330 g/mol. The van der Waals surface area contributed by atoms with Gasteiger partial charge in [-0.2, -0.15) is 0 Å². The van der Waals surface area contributed by atoms with E-state index in [1.165, 1.54) is 6.08 Å². The van der Waals surface area contributed by atoms with E-state index in [4.69, 9.17) is 4.74 Å². The summed E-state index contributed by atoms with van der Waals surface area (Å²) in [6.45, 7) is 3.77. The number of para-hydroxylation sites is 1. The number of methoxy groups -OCH3 is 1. The van der Waals surface area contributed by atoms with Gasteiger partial charge in [0, 0.05) is 29.1 Å². The van der Waals surface area contributed by atoms with E-state index in [2.05, 4.69) is 16.0 Å². The Kier molecular flexibility index (Phi) is 6.79. The SMILES string of the molecule is COc1ccccc1/C=C/C(=O)Nc1ccc(NC(=O)NC(C)C)cc1. The number of urea groups is 1. The predicted octanol–water partition coefficient (Wildman–Crippen LogP) is 3.88. The van der Waals surface area contributed by atoms with Gasteiger partial charge < -0.3 is 20.7 Å². The number of carbonyl (C=O) groups excluding carboxylic acids is 2. The minimum Gasteiger partial charge on any atom is -0.496 e. The van der Waals surface area contributed by atoms with Crippen molar-refractivity contribution in [1.82, 2.24) is 5.32 Å². The van der Waals surface area contributed by atoms with Gasteiger partial charge in [-0.1, -0.05) is 18.2 Å². The highest BCUT2D eigenvalue weighted by molar-refractivity contribution is 6.02. The number of amides is 3.